The average molecular weight is 348 g/mol. The van der Waals surface area contributed by atoms with E-state index in [1.807, 2.05) is 6.07 Å². The lowest BCUT2D eigenvalue weighted by molar-refractivity contribution is 0.303. The Morgan fingerprint density at radius 1 is 1.10 bits per heavy atom. The van der Waals surface area contributed by atoms with Gasteiger partial charge in [0.25, 0.3) is 0 Å². The number of nitrogens with one attached hydrogen (secondary N) is 1. The van der Waals surface area contributed by atoms with Crippen LogP contribution in [0.2, 0.25) is 0 Å². The van der Waals surface area contributed by atoms with Crippen LogP contribution in [0.15, 0.2) is 40.9 Å². The second kappa shape index (κ2) is 7.62. The summed E-state index contributed by atoms with van der Waals surface area (Å²) in [6.45, 7) is 8.74. The van der Waals surface area contributed by atoms with Crippen molar-refractivity contribution in [3.8, 4) is 5.75 Å². The van der Waals surface area contributed by atoms with Crippen molar-refractivity contribution in [3.05, 3.63) is 63.1 Å². The highest BCUT2D eigenvalue weighted by Gasteiger charge is 2.05. The van der Waals surface area contributed by atoms with Crippen LogP contribution < -0.4 is 10.1 Å². The van der Waals surface area contributed by atoms with Gasteiger partial charge >= 0.3 is 0 Å². The maximum atomic E-state index is 5.93. The van der Waals surface area contributed by atoms with Crippen LogP contribution in [0.1, 0.15) is 29.2 Å². The van der Waals surface area contributed by atoms with Crippen molar-refractivity contribution >= 4 is 15.9 Å². The van der Waals surface area contributed by atoms with E-state index in [0.29, 0.717) is 6.61 Å². The Morgan fingerprint density at radius 2 is 1.90 bits per heavy atom. The number of rotatable bonds is 6. The summed E-state index contributed by atoms with van der Waals surface area (Å²) in [6, 6.07) is 12.7. The summed E-state index contributed by atoms with van der Waals surface area (Å²) in [6.07, 6.45) is 0. The van der Waals surface area contributed by atoms with E-state index in [1.165, 1.54) is 16.7 Å². The molecule has 2 aromatic rings. The summed E-state index contributed by atoms with van der Waals surface area (Å²) in [4.78, 5) is 0. The molecule has 0 unspecified atom stereocenters. The van der Waals surface area contributed by atoms with E-state index in [-0.39, 0.29) is 0 Å². The molecular weight excluding hydrogens is 326 g/mol. The Hall–Kier alpha value is -1.32. The van der Waals surface area contributed by atoms with Crippen LogP contribution in [0.25, 0.3) is 0 Å². The van der Waals surface area contributed by atoms with Gasteiger partial charge < -0.3 is 10.1 Å². The van der Waals surface area contributed by atoms with E-state index in [2.05, 4.69) is 72.3 Å². The quantitative estimate of drug-likeness (QED) is 0.813. The minimum absolute atomic E-state index is 0.575. The van der Waals surface area contributed by atoms with Crippen LogP contribution in [-0.4, -0.2) is 6.54 Å². The van der Waals surface area contributed by atoms with E-state index in [4.69, 9.17) is 4.74 Å². The van der Waals surface area contributed by atoms with Crippen LogP contribution in [0.3, 0.4) is 0 Å². The Bertz CT molecular complexity index is 610. The number of aryl methyl sites for hydroxylation is 2. The van der Waals surface area contributed by atoms with E-state index in [0.717, 1.165) is 28.9 Å². The number of halogens is 1. The maximum absolute atomic E-state index is 5.93. The van der Waals surface area contributed by atoms with Gasteiger partial charge in [0.15, 0.2) is 0 Å². The molecule has 0 aliphatic carbocycles. The number of hydrogen-bond acceptors (Lipinski definition) is 2. The largest absolute Gasteiger partial charge is 0.489 e. The molecule has 0 fully saturated rings. The normalized spacial score (nSPS) is 10.7. The second-order valence-corrected chi connectivity index (χ2v) is 6.12. The monoisotopic (exact) mass is 347 g/mol. The van der Waals surface area contributed by atoms with Gasteiger partial charge in [-0.1, -0.05) is 52.7 Å². The first-order valence-electron chi connectivity index (χ1n) is 7.28. The highest BCUT2D eigenvalue weighted by Crippen LogP contribution is 2.23. The van der Waals surface area contributed by atoms with Gasteiger partial charge in [0.1, 0.15) is 12.4 Å². The molecule has 2 nitrogen and oxygen atoms in total. The van der Waals surface area contributed by atoms with Gasteiger partial charge in [-0.2, -0.15) is 0 Å². The Morgan fingerprint density at radius 3 is 2.57 bits per heavy atom. The van der Waals surface area contributed by atoms with Gasteiger partial charge in [-0.3, -0.25) is 0 Å². The molecule has 0 aromatic heterocycles. The minimum Gasteiger partial charge on any atom is -0.489 e. The third-order valence-corrected chi connectivity index (χ3v) is 4.15. The highest BCUT2D eigenvalue weighted by molar-refractivity contribution is 9.10. The van der Waals surface area contributed by atoms with E-state index in [1.54, 1.807) is 0 Å². The molecule has 0 spiro atoms. The third kappa shape index (κ3) is 4.58. The van der Waals surface area contributed by atoms with Crippen molar-refractivity contribution < 1.29 is 4.74 Å². The molecule has 1 N–H and O–H groups in total. The fourth-order valence-corrected chi connectivity index (χ4v) is 2.74. The van der Waals surface area contributed by atoms with Crippen molar-refractivity contribution in [2.75, 3.05) is 6.54 Å². The van der Waals surface area contributed by atoms with Crippen LogP contribution in [0.4, 0.5) is 0 Å². The van der Waals surface area contributed by atoms with Gasteiger partial charge in [0.2, 0.25) is 0 Å². The predicted molar refractivity (Wildman–Crippen MR) is 91.8 cm³/mol. The minimum atomic E-state index is 0.575. The summed E-state index contributed by atoms with van der Waals surface area (Å²) in [7, 11) is 0. The standard InChI is InChI=1S/C18H22BrNO/c1-4-20-11-15-6-7-16(17(19)10-15)12-21-18-8-5-13(2)9-14(18)3/h5-10,20H,4,11-12H2,1-3H3. The molecule has 3 heteroatoms. The highest BCUT2D eigenvalue weighted by atomic mass is 79.9. The SMILES string of the molecule is CCNCc1ccc(COc2ccc(C)cc2C)c(Br)c1. The van der Waals surface area contributed by atoms with E-state index < -0.39 is 0 Å². The number of benzene rings is 2. The van der Waals surface area contributed by atoms with Crippen molar-refractivity contribution in [3.63, 3.8) is 0 Å². The van der Waals surface area contributed by atoms with Gasteiger partial charge in [0, 0.05) is 16.6 Å². The first-order chi connectivity index (χ1) is 10.1. The molecule has 0 atom stereocenters. The van der Waals surface area contributed by atoms with E-state index >= 15 is 0 Å². The fourth-order valence-electron chi connectivity index (χ4n) is 2.20. The zero-order valence-electron chi connectivity index (χ0n) is 12.9. The Labute approximate surface area is 135 Å². The van der Waals surface area contributed by atoms with E-state index in [9.17, 15) is 0 Å². The van der Waals surface area contributed by atoms with Crippen molar-refractivity contribution in [1.29, 1.82) is 0 Å². The smallest absolute Gasteiger partial charge is 0.122 e. The summed E-state index contributed by atoms with van der Waals surface area (Å²) in [5.41, 5.74) is 4.87. The molecule has 112 valence electrons. The molecule has 2 rings (SSSR count). The number of ether oxygens (including phenoxy) is 1. The topological polar surface area (TPSA) is 21.3 Å². The van der Waals surface area contributed by atoms with Crippen LogP contribution in [-0.2, 0) is 13.2 Å². The summed E-state index contributed by atoms with van der Waals surface area (Å²) >= 11 is 3.63. The summed E-state index contributed by atoms with van der Waals surface area (Å²) < 4.78 is 7.03. The van der Waals surface area contributed by atoms with Gasteiger partial charge in [-0.15, -0.1) is 0 Å². The second-order valence-electron chi connectivity index (χ2n) is 5.26. The Balaban J connectivity index is 2.02. The molecule has 0 radical (unpaired) electrons. The van der Waals surface area contributed by atoms with Crippen molar-refractivity contribution in [2.24, 2.45) is 0 Å². The predicted octanol–water partition coefficient (Wildman–Crippen LogP) is 4.75. The molecule has 21 heavy (non-hydrogen) atoms. The zero-order valence-corrected chi connectivity index (χ0v) is 14.5. The average Bonchev–Trinajstić information content (AvgIpc) is 2.45. The fraction of sp³-hybridized carbons (Fsp3) is 0.333. The lowest BCUT2D eigenvalue weighted by Crippen LogP contribution is -2.11. The molecule has 0 saturated carbocycles. The molecule has 0 aliphatic heterocycles. The van der Waals surface area contributed by atoms with Crippen LogP contribution in [0, 0.1) is 13.8 Å². The lowest BCUT2D eigenvalue weighted by Gasteiger charge is -2.12. The zero-order chi connectivity index (χ0) is 15.2. The third-order valence-electron chi connectivity index (χ3n) is 3.41. The maximum Gasteiger partial charge on any atom is 0.122 e. The number of hydrogen-bond donors (Lipinski definition) is 1. The van der Waals surface area contributed by atoms with Crippen molar-refractivity contribution in [1.82, 2.24) is 5.32 Å². The molecule has 0 aliphatic rings. The molecule has 0 heterocycles. The summed E-state index contributed by atoms with van der Waals surface area (Å²) in [5.74, 6) is 0.948. The van der Waals surface area contributed by atoms with Crippen LogP contribution in [0.5, 0.6) is 5.75 Å². The molecule has 0 saturated heterocycles. The lowest BCUT2D eigenvalue weighted by atomic mass is 10.1. The molecular formula is C18H22BrNO. The Kier molecular flexibility index (Phi) is 5.83. The molecule has 0 amide bonds. The first-order valence-corrected chi connectivity index (χ1v) is 8.07. The first kappa shape index (κ1) is 16.1. The van der Waals surface area contributed by atoms with Gasteiger partial charge in [-0.05, 0) is 43.7 Å². The van der Waals surface area contributed by atoms with Gasteiger partial charge in [0.05, 0.1) is 0 Å². The van der Waals surface area contributed by atoms with Gasteiger partial charge in [-0.25, -0.2) is 0 Å². The van der Waals surface area contributed by atoms with Crippen LogP contribution >= 0.6 is 15.9 Å². The summed E-state index contributed by atoms with van der Waals surface area (Å²) in [5, 5.41) is 3.33. The molecule has 2 aromatic carbocycles. The molecule has 0 bridgehead atoms. The van der Waals surface area contributed by atoms with Crippen molar-refractivity contribution in [2.45, 2.75) is 33.9 Å².